The number of nitrogens with zero attached hydrogens (tertiary/aromatic N) is 6. The summed E-state index contributed by atoms with van der Waals surface area (Å²) in [7, 11) is 0. The average molecular weight is 359 g/mol. The second kappa shape index (κ2) is 7.28. The summed E-state index contributed by atoms with van der Waals surface area (Å²) in [4.78, 5) is 33.8. The standard InChI is InChI=1S/C19H17N7O/c1-2-15(16-12-26-9-3-6-21-19(26)25-16)24-18(27)14-10-22-17(23-11-14)13-4-7-20-8-5-13/h3-12,15H,2H2,1H3,(H,24,27). The van der Waals surface area contributed by atoms with E-state index in [0.717, 1.165) is 11.3 Å². The number of fused-ring (bicyclic) bond motifs is 1. The molecule has 8 nitrogen and oxygen atoms in total. The first-order valence-corrected chi connectivity index (χ1v) is 8.57. The van der Waals surface area contributed by atoms with Gasteiger partial charge in [-0.25, -0.2) is 19.9 Å². The molecule has 0 bridgehead atoms. The van der Waals surface area contributed by atoms with Gasteiger partial charge < -0.3 is 5.32 Å². The molecule has 0 saturated heterocycles. The molecule has 8 heteroatoms. The van der Waals surface area contributed by atoms with Crippen LogP contribution >= 0.6 is 0 Å². The van der Waals surface area contributed by atoms with E-state index in [1.807, 2.05) is 41.9 Å². The molecule has 0 radical (unpaired) electrons. The summed E-state index contributed by atoms with van der Waals surface area (Å²) in [6.07, 6.45) is 12.5. The van der Waals surface area contributed by atoms with E-state index in [1.54, 1.807) is 18.6 Å². The monoisotopic (exact) mass is 359 g/mol. The van der Waals surface area contributed by atoms with Gasteiger partial charge in [-0.3, -0.25) is 14.2 Å². The van der Waals surface area contributed by atoms with Crippen LogP contribution in [0.2, 0.25) is 0 Å². The Morgan fingerprint density at radius 3 is 2.63 bits per heavy atom. The molecule has 0 saturated carbocycles. The SMILES string of the molecule is CCC(NC(=O)c1cnc(-c2ccncc2)nc1)c1cn2cccnc2n1. The van der Waals surface area contributed by atoms with Gasteiger partial charge in [0.15, 0.2) is 5.82 Å². The van der Waals surface area contributed by atoms with Crippen LogP contribution in [0.15, 0.2) is 61.6 Å². The lowest BCUT2D eigenvalue weighted by atomic mass is 10.1. The summed E-state index contributed by atoms with van der Waals surface area (Å²) in [6.45, 7) is 1.99. The van der Waals surface area contributed by atoms with Crippen molar-refractivity contribution < 1.29 is 4.79 Å². The molecule has 4 aromatic heterocycles. The molecule has 134 valence electrons. The molecule has 4 aromatic rings. The Kier molecular flexibility index (Phi) is 4.52. The summed E-state index contributed by atoms with van der Waals surface area (Å²) in [5.74, 6) is 0.908. The molecule has 1 amide bonds. The number of rotatable bonds is 5. The zero-order valence-electron chi connectivity index (χ0n) is 14.6. The van der Waals surface area contributed by atoms with E-state index in [0.29, 0.717) is 23.6 Å². The predicted molar refractivity (Wildman–Crippen MR) is 98.7 cm³/mol. The highest BCUT2D eigenvalue weighted by Gasteiger charge is 2.18. The van der Waals surface area contributed by atoms with Crippen LogP contribution in [0.4, 0.5) is 0 Å². The van der Waals surface area contributed by atoms with Gasteiger partial charge >= 0.3 is 0 Å². The van der Waals surface area contributed by atoms with Gasteiger partial charge in [-0.2, -0.15) is 0 Å². The fourth-order valence-electron chi connectivity index (χ4n) is 2.74. The number of amides is 1. The van der Waals surface area contributed by atoms with Crippen molar-refractivity contribution in [2.24, 2.45) is 0 Å². The van der Waals surface area contributed by atoms with Gasteiger partial charge in [0.1, 0.15) is 0 Å². The van der Waals surface area contributed by atoms with Crippen LogP contribution in [0.5, 0.6) is 0 Å². The zero-order valence-corrected chi connectivity index (χ0v) is 14.6. The van der Waals surface area contributed by atoms with Gasteiger partial charge in [0, 0.05) is 48.9 Å². The van der Waals surface area contributed by atoms with Gasteiger partial charge in [-0.05, 0) is 24.6 Å². The smallest absolute Gasteiger partial charge is 0.254 e. The van der Waals surface area contributed by atoms with Crippen LogP contribution in [0, 0.1) is 0 Å². The van der Waals surface area contributed by atoms with Gasteiger partial charge in [0.2, 0.25) is 5.78 Å². The van der Waals surface area contributed by atoms with Crippen molar-refractivity contribution in [1.29, 1.82) is 0 Å². The van der Waals surface area contributed by atoms with Crippen molar-refractivity contribution in [1.82, 2.24) is 34.6 Å². The third kappa shape index (κ3) is 3.50. The lowest BCUT2D eigenvalue weighted by molar-refractivity contribution is 0.0934. The van der Waals surface area contributed by atoms with E-state index in [-0.39, 0.29) is 11.9 Å². The lowest BCUT2D eigenvalue weighted by Crippen LogP contribution is -2.28. The largest absolute Gasteiger partial charge is 0.344 e. The molecule has 0 spiro atoms. The Morgan fingerprint density at radius 1 is 1.15 bits per heavy atom. The van der Waals surface area contributed by atoms with Crippen LogP contribution in [0.3, 0.4) is 0 Å². The number of aromatic nitrogens is 6. The maximum atomic E-state index is 12.6. The van der Waals surface area contributed by atoms with E-state index in [9.17, 15) is 4.79 Å². The minimum atomic E-state index is -0.242. The van der Waals surface area contributed by atoms with Gasteiger partial charge in [0.05, 0.1) is 17.3 Å². The van der Waals surface area contributed by atoms with Crippen LogP contribution < -0.4 is 5.32 Å². The van der Waals surface area contributed by atoms with E-state index in [4.69, 9.17) is 0 Å². The molecule has 1 N–H and O–H groups in total. The van der Waals surface area contributed by atoms with Crippen molar-refractivity contribution >= 4 is 11.7 Å². The minimum absolute atomic E-state index is 0.223. The fourth-order valence-corrected chi connectivity index (χ4v) is 2.74. The van der Waals surface area contributed by atoms with E-state index < -0.39 is 0 Å². The predicted octanol–water partition coefficient (Wildman–Crippen LogP) is 2.46. The first kappa shape index (κ1) is 16.8. The zero-order chi connectivity index (χ0) is 18.6. The van der Waals surface area contributed by atoms with E-state index in [2.05, 4.69) is 30.2 Å². The number of carbonyl (C=O) groups is 1. The molecule has 1 atom stereocenters. The molecule has 4 heterocycles. The number of hydrogen-bond acceptors (Lipinski definition) is 6. The molecule has 4 rings (SSSR count). The highest BCUT2D eigenvalue weighted by molar-refractivity contribution is 5.94. The Morgan fingerprint density at radius 2 is 1.93 bits per heavy atom. The maximum Gasteiger partial charge on any atom is 0.254 e. The molecule has 1 unspecified atom stereocenters. The number of hydrogen-bond donors (Lipinski definition) is 1. The minimum Gasteiger partial charge on any atom is -0.344 e. The number of pyridine rings is 1. The van der Waals surface area contributed by atoms with Gasteiger partial charge in [0.25, 0.3) is 5.91 Å². The summed E-state index contributed by atoms with van der Waals surface area (Å²) in [5.41, 5.74) is 2.01. The second-order valence-electron chi connectivity index (χ2n) is 5.96. The Balaban J connectivity index is 1.51. The van der Waals surface area contributed by atoms with Crippen LogP contribution in [-0.4, -0.2) is 35.2 Å². The van der Waals surface area contributed by atoms with Crippen LogP contribution in [0.25, 0.3) is 17.2 Å². The second-order valence-corrected chi connectivity index (χ2v) is 5.96. The molecule has 27 heavy (non-hydrogen) atoms. The quantitative estimate of drug-likeness (QED) is 0.588. The molecule has 0 aliphatic carbocycles. The summed E-state index contributed by atoms with van der Waals surface area (Å²) in [6, 6.07) is 5.25. The normalized spacial score (nSPS) is 12.0. The Bertz CT molecular complexity index is 1030. The molecular formula is C19H17N7O. The first-order valence-electron chi connectivity index (χ1n) is 8.57. The fraction of sp³-hybridized carbons (Fsp3) is 0.158. The van der Waals surface area contributed by atoms with E-state index in [1.165, 1.54) is 12.4 Å². The molecular weight excluding hydrogens is 342 g/mol. The number of imidazole rings is 1. The third-order valence-electron chi connectivity index (χ3n) is 4.18. The summed E-state index contributed by atoms with van der Waals surface area (Å²) in [5, 5.41) is 2.99. The molecule has 0 aliphatic heterocycles. The summed E-state index contributed by atoms with van der Waals surface area (Å²) >= 11 is 0. The molecule has 0 aliphatic rings. The Hall–Kier alpha value is -3.68. The van der Waals surface area contributed by atoms with Crippen molar-refractivity contribution in [3.63, 3.8) is 0 Å². The van der Waals surface area contributed by atoms with Crippen molar-refractivity contribution in [2.45, 2.75) is 19.4 Å². The van der Waals surface area contributed by atoms with Crippen molar-refractivity contribution in [3.05, 3.63) is 72.8 Å². The highest BCUT2D eigenvalue weighted by Crippen LogP contribution is 2.17. The van der Waals surface area contributed by atoms with Crippen molar-refractivity contribution in [3.8, 4) is 11.4 Å². The van der Waals surface area contributed by atoms with Crippen molar-refractivity contribution in [2.75, 3.05) is 0 Å². The topological polar surface area (TPSA) is 98.0 Å². The first-order chi connectivity index (χ1) is 13.2. The van der Waals surface area contributed by atoms with Crippen LogP contribution in [0.1, 0.15) is 35.4 Å². The average Bonchev–Trinajstić information content (AvgIpc) is 3.16. The lowest BCUT2D eigenvalue weighted by Gasteiger charge is -2.14. The summed E-state index contributed by atoms with van der Waals surface area (Å²) < 4.78 is 1.83. The van der Waals surface area contributed by atoms with Crippen LogP contribution in [-0.2, 0) is 0 Å². The number of nitrogens with one attached hydrogen (secondary N) is 1. The highest BCUT2D eigenvalue weighted by atomic mass is 16.1. The van der Waals surface area contributed by atoms with Gasteiger partial charge in [-0.1, -0.05) is 6.92 Å². The number of carbonyl (C=O) groups excluding carboxylic acids is 1. The Labute approximate surface area is 155 Å². The third-order valence-corrected chi connectivity index (χ3v) is 4.18. The van der Waals surface area contributed by atoms with Gasteiger partial charge in [-0.15, -0.1) is 0 Å². The maximum absolute atomic E-state index is 12.6. The molecule has 0 aromatic carbocycles. The molecule has 0 fully saturated rings. The van der Waals surface area contributed by atoms with E-state index >= 15 is 0 Å².